The first-order valence-corrected chi connectivity index (χ1v) is 12.9. The zero-order chi connectivity index (χ0) is 21.8. The van der Waals surface area contributed by atoms with Crippen LogP contribution in [0.15, 0.2) is 35.2 Å². The molecule has 31 heavy (non-hydrogen) atoms. The van der Waals surface area contributed by atoms with Crippen molar-refractivity contribution in [2.24, 2.45) is 0 Å². The van der Waals surface area contributed by atoms with Gasteiger partial charge in [0.15, 0.2) is 0 Å². The Labute approximate surface area is 211 Å². The van der Waals surface area contributed by atoms with Gasteiger partial charge in [-0.15, -0.1) is 0 Å². The van der Waals surface area contributed by atoms with Gasteiger partial charge >= 0.3 is 29.6 Å². The molecular weight excluding hydrogens is 419 g/mol. The van der Waals surface area contributed by atoms with Gasteiger partial charge < -0.3 is 9.29 Å². The Balaban J connectivity index is 0.00000480. The van der Waals surface area contributed by atoms with E-state index >= 15 is 0 Å². The molecule has 0 aromatic heterocycles. The number of fused-ring (bicyclic) bond motifs is 1. The quantitative estimate of drug-likeness (QED) is 0.231. The third-order valence-corrected chi connectivity index (χ3v) is 6.66. The molecule has 0 saturated carbocycles. The maximum Gasteiger partial charge on any atom is 1.00 e. The number of rotatable bonds is 15. The van der Waals surface area contributed by atoms with Gasteiger partial charge in [0.1, 0.15) is 15.9 Å². The summed E-state index contributed by atoms with van der Waals surface area (Å²) in [5.74, 6) is 0.592. The van der Waals surface area contributed by atoms with Crippen LogP contribution in [0.1, 0.15) is 89.5 Å². The van der Waals surface area contributed by atoms with E-state index in [4.69, 9.17) is 4.74 Å². The van der Waals surface area contributed by atoms with Crippen molar-refractivity contribution >= 4 is 20.9 Å². The van der Waals surface area contributed by atoms with Crippen LogP contribution in [0.5, 0.6) is 5.75 Å². The van der Waals surface area contributed by atoms with Crippen LogP contribution in [0, 0.1) is 0 Å². The van der Waals surface area contributed by atoms with E-state index in [1.165, 1.54) is 64.2 Å². The maximum absolute atomic E-state index is 11.8. The number of methoxy groups -OCH3 is 1. The molecule has 0 aliphatic heterocycles. The smallest absolute Gasteiger partial charge is 0.744 e. The van der Waals surface area contributed by atoms with E-state index in [2.05, 4.69) is 6.92 Å². The Morgan fingerprint density at radius 1 is 0.806 bits per heavy atom. The number of aryl methyl sites for hydroxylation is 1. The topological polar surface area (TPSA) is 66.4 Å². The summed E-state index contributed by atoms with van der Waals surface area (Å²) >= 11 is 0. The third-order valence-electron chi connectivity index (χ3n) is 5.79. The number of benzene rings is 2. The average Bonchev–Trinajstić information content (AvgIpc) is 2.72. The third kappa shape index (κ3) is 9.83. The molecule has 0 saturated heterocycles. The Morgan fingerprint density at radius 2 is 1.35 bits per heavy atom. The van der Waals surface area contributed by atoms with Crippen LogP contribution in [0.2, 0.25) is 0 Å². The van der Waals surface area contributed by atoms with Gasteiger partial charge in [0, 0.05) is 10.8 Å². The second-order valence-corrected chi connectivity index (χ2v) is 9.59. The molecule has 0 radical (unpaired) electrons. The van der Waals surface area contributed by atoms with Crippen LogP contribution in [-0.4, -0.2) is 20.1 Å². The Hall–Kier alpha value is -0.590. The Kier molecular flexibility index (Phi) is 14.0. The molecule has 0 heterocycles. The number of hydrogen-bond acceptors (Lipinski definition) is 4. The minimum absolute atomic E-state index is 0. The first-order chi connectivity index (χ1) is 14.5. The maximum atomic E-state index is 11.8. The monoisotopic (exact) mass is 456 g/mol. The number of unbranched alkanes of at least 4 members (excludes halogenated alkanes) is 11. The molecule has 2 rings (SSSR count). The van der Waals surface area contributed by atoms with Crippen LogP contribution in [-0.2, 0) is 16.5 Å². The van der Waals surface area contributed by atoms with Crippen LogP contribution < -0.4 is 34.3 Å². The van der Waals surface area contributed by atoms with Crippen molar-refractivity contribution < 1.29 is 47.3 Å². The van der Waals surface area contributed by atoms with Gasteiger partial charge in [-0.05, 0) is 36.6 Å². The minimum atomic E-state index is -4.54. The van der Waals surface area contributed by atoms with Crippen molar-refractivity contribution in [3.63, 3.8) is 0 Å². The first kappa shape index (κ1) is 28.4. The van der Waals surface area contributed by atoms with E-state index in [1.54, 1.807) is 31.4 Å². The van der Waals surface area contributed by atoms with Crippen molar-refractivity contribution in [2.75, 3.05) is 7.11 Å². The number of ether oxygens (including phenoxy) is 1. The van der Waals surface area contributed by atoms with Crippen molar-refractivity contribution in [3.05, 3.63) is 35.9 Å². The zero-order valence-corrected chi connectivity index (χ0v) is 22.4. The molecule has 0 bridgehead atoms. The number of hydrogen-bond donors (Lipinski definition) is 0. The standard InChI is InChI=1S/C25H38O4S.Na/c1-3-4-5-6-7-8-9-10-11-12-13-14-16-21-19-23-22(17-15-18-24(23)29-2)25(20-21)30(26,27)28;/h15,17-20H,3-14,16H2,1-2H3,(H,26,27,28);/q;+1/p-1. The molecule has 0 atom stereocenters. The fraction of sp³-hybridized carbons (Fsp3) is 0.600. The van der Waals surface area contributed by atoms with Gasteiger partial charge in [0.05, 0.1) is 12.0 Å². The molecule has 2 aromatic rings. The molecule has 6 heteroatoms. The largest absolute Gasteiger partial charge is 1.00 e. The van der Waals surface area contributed by atoms with E-state index < -0.39 is 10.1 Å². The summed E-state index contributed by atoms with van der Waals surface area (Å²) in [5, 5.41) is 1.12. The summed E-state index contributed by atoms with van der Waals surface area (Å²) < 4.78 is 40.7. The first-order valence-electron chi connectivity index (χ1n) is 11.5. The van der Waals surface area contributed by atoms with E-state index in [1.807, 2.05) is 6.07 Å². The summed E-state index contributed by atoms with van der Waals surface area (Å²) in [5.41, 5.74) is 0.883. The summed E-state index contributed by atoms with van der Waals surface area (Å²) in [6, 6.07) is 8.66. The Bertz CT molecular complexity index is 880. The van der Waals surface area contributed by atoms with Crippen LogP contribution >= 0.6 is 0 Å². The van der Waals surface area contributed by atoms with Gasteiger partial charge in [-0.25, -0.2) is 8.42 Å². The van der Waals surface area contributed by atoms with Gasteiger partial charge in [-0.3, -0.25) is 0 Å². The molecular formula is C25H37NaO4S. The van der Waals surface area contributed by atoms with Crippen molar-refractivity contribution in [1.29, 1.82) is 0 Å². The molecule has 168 valence electrons. The molecule has 0 fully saturated rings. The van der Waals surface area contributed by atoms with Crippen molar-refractivity contribution in [3.8, 4) is 5.75 Å². The predicted octanol–water partition coefficient (Wildman–Crippen LogP) is 4.00. The van der Waals surface area contributed by atoms with Gasteiger partial charge in [0.25, 0.3) is 0 Å². The molecule has 0 aliphatic rings. The van der Waals surface area contributed by atoms with Gasteiger partial charge in [-0.1, -0.05) is 89.7 Å². The van der Waals surface area contributed by atoms with Gasteiger partial charge in [-0.2, -0.15) is 0 Å². The molecule has 0 aliphatic carbocycles. The van der Waals surface area contributed by atoms with Crippen LogP contribution in [0.25, 0.3) is 10.8 Å². The molecule has 0 unspecified atom stereocenters. The second kappa shape index (κ2) is 15.3. The van der Waals surface area contributed by atoms with Crippen LogP contribution in [0.4, 0.5) is 0 Å². The summed E-state index contributed by atoms with van der Waals surface area (Å²) in [7, 11) is -2.98. The average molecular weight is 457 g/mol. The summed E-state index contributed by atoms with van der Waals surface area (Å²) in [6.07, 6.45) is 16.2. The fourth-order valence-electron chi connectivity index (χ4n) is 4.08. The normalized spacial score (nSPS) is 11.5. The van der Waals surface area contributed by atoms with E-state index in [0.717, 1.165) is 24.8 Å². The van der Waals surface area contributed by atoms with Crippen LogP contribution in [0.3, 0.4) is 0 Å². The molecule has 2 aromatic carbocycles. The second-order valence-electron chi connectivity index (χ2n) is 8.24. The van der Waals surface area contributed by atoms with Crippen molar-refractivity contribution in [1.82, 2.24) is 0 Å². The van der Waals surface area contributed by atoms with Gasteiger partial charge in [0.2, 0.25) is 0 Å². The van der Waals surface area contributed by atoms with E-state index in [9.17, 15) is 13.0 Å². The predicted molar refractivity (Wildman–Crippen MR) is 123 cm³/mol. The summed E-state index contributed by atoms with van der Waals surface area (Å²) in [4.78, 5) is -0.146. The zero-order valence-electron chi connectivity index (χ0n) is 19.6. The Morgan fingerprint density at radius 3 is 1.87 bits per heavy atom. The molecule has 0 amide bonds. The summed E-state index contributed by atoms with van der Waals surface area (Å²) in [6.45, 7) is 2.25. The SMILES string of the molecule is CCCCCCCCCCCCCCc1cc(S(=O)(=O)[O-])c2cccc(OC)c2c1.[Na+]. The minimum Gasteiger partial charge on any atom is -0.744 e. The molecule has 4 nitrogen and oxygen atoms in total. The fourth-order valence-corrected chi connectivity index (χ4v) is 4.82. The molecule has 0 N–H and O–H groups in total. The van der Waals surface area contributed by atoms with E-state index in [0.29, 0.717) is 16.5 Å². The van der Waals surface area contributed by atoms with Crippen molar-refractivity contribution in [2.45, 2.75) is 95.3 Å². The van der Waals surface area contributed by atoms with E-state index in [-0.39, 0.29) is 34.5 Å². The molecule has 0 spiro atoms.